The van der Waals surface area contributed by atoms with Crippen LogP contribution in [0.5, 0.6) is 0 Å². The molecule has 1 aromatic rings. The fourth-order valence-corrected chi connectivity index (χ4v) is 2.19. The van der Waals surface area contributed by atoms with Crippen LogP contribution < -0.4 is 0 Å². The predicted octanol–water partition coefficient (Wildman–Crippen LogP) is 2.05. The molecule has 1 heterocycles. The zero-order chi connectivity index (χ0) is 12.8. The molecule has 0 spiro atoms. The van der Waals surface area contributed by atoms with Crippen LogP contribution in [0.1, 0.15) is 9.67 Å². The Balaban J connectivity index is 2.85. The van der Waals surface area contributed by atoms with Gasteiger partial charge in [0.15, 0.2) is 0 Å². The second-order valence-corrected chi connectivity index (χ2v) is 4.79. The number of thioether (sulfide) groups is 1. The van der Waals surface area contributed by atoms with Crippen molar-refractivity contribution in [2.45, 2.75) is 5.25 Å². The smallest absolute Gasteiger partial charge is 0.348 e. The number of aliphatic imine (C=N–C) groups is 1. The molecular formula is C10H11NO4S2. The highest BCUT2D eigenvalue weighted by molar-refractivity contribution is 8.00. The number of carbonyl (C=O) groups excluding carboxylic acids is 1. The Kier molecular flexibility index (Phi) is 5.17. The minimum atomic E-state index is -1.02. The topological polar surface area (TPSA) is 76.0 Å². The minimum Gasteiger partial charge on any atom is -0.477 e. The van der Waals surface area contributed by atoms with Crippen LogP contribution in [0.15, 0.2) is 16.4 Å². The van der Waals surface area contributed by atoms with Gasteiger partial charge in [0, 0.05) is 6.21 Å². The Bertz CT molecular complexity index is 441. The van der Waals surface area contributed by atoms with E-state index in [4.69, 9.17) is 5.11 Å². The lowest BCUT2D eigenvalue weighted by molar-refractivity contribution is -0.138. The molecule has 7 heteroatoms. The van der Waals surface area contributed by atoms with Crippen molar-refractivity contribution in [3.05, 3.63) is 16.3 Å². The highest BCUT2D eigenvalue weighted by atomic mass is 32.2. The second kappa shape index (κ2) is 6.41. The van der Waals surface area contributed by atoms with E-state index in [0.29, 0.717) is 5.69 Å². The van der Waals surface area contributed by atoms with Gasteiger partial charge in [0.1, 0.15) is 10.1 Å². The molecule has 0 fully saturated rings. The van der Waals surface area contributed by atoms with Gasteiger partial charge in [-0.05, 0) is 17.7 Å². The molecule has 0 amide bonds. The van der Waals surface area contributed by atoms with Crippen LogP contribution in [0, 0.1) is 0 Å². The van der Waals surface area contributed by atoms with Crippen molar-refractivity contribution in [2.75, 3.05) is 13.4 Å². The fraction of sp³-hybridized carbons (Fsp3) is 0.300. The van der Waals surface area contributed by atoms with Gasteiger partial charge < -0.3 is 9.84 Å². The van der Waals surface area contributed by atoms with E-state index in [-0.39, 0.29) is 4.88 Å². The summed E-state index contributed by atoms with van der Waals surface area (Å²) in [6.45, 7) is 0. The van der Waals surface area contributed by atoms with Gasteiger partial charge in [-0.2, -0.15) is 0 Å². The van der Waals surface area contributed by atoms with Crippen LogP contribution in [-0.2, 0) is 9.53 Å². The largest absolute Gasteiger partial charge is 0.477 e. The minimum absolute atomic E-state index is 0.158. The number of hydrogen-bond donors (Lipinski definition) is 1. The summed E-state index contributed by atoms with van der Waals surface area (Å²) >= 11 is 2.37. The van der Waals surface area contributed by atoms with Crippen LogP contribution in [-0.4, -0.2) is 41.9 Å². The first-order valence-corrected chi connectivity index (χ1v) is 6.72. The molecule has 1 N–H and O–H groups in total. The van der Waals surface area contributed by atoms with Gasteiger partial charge in [-0.1, -0.05) is 0 Å². The number of ether oxygens (including phenoxy) is 1. The zero-order valence-corrected chi connectivity index (χ0v) is 10.9. The molecule has 1 unspecified atom stereocenters. The van der Waals surface area contributed by atoms with E-state index in [1.54, 1.807) is 17.7 Å². The summed E-state index contributed by atoms with van der Waals surface area (Å²) in [6, 6.07) is 1.60. The maximum absolute atomic E-state index is 11.3. The lowest BCUT2D eigenvalue weighted by Gasteiger charge is -2.05. The standard InChI is InChI=1S/C10H11NO4S2/c1-15-10(14)7(16-2)5-11-6-3-4-17-8(6)9(12)13/h3-5,7H,1-2H3,(H,12,13). The third kappa shape index (κ3) is 3.57. The van der Waals surface area contributed by atoms with E-state index in [0.717, 1.165) is 11.3 Å². The molecule has 1 atom stereocenters. The lowest BCUT2D eigenvalue weighted by Crippen LogP contribution is -2.19. The van der Waals surface area contributed by atoms with Crippen LogP contribution in [0.4, 0.5) is 5.69 Å². The summed E-state index contributed by atoms with van der Waals surface area (Å²) in [4.78, 5) is 26.3. The number of carboxylic acid groups (broad SMARTS) is 1. The van der Waals surface area contributed by atoms with E-state index >= 15 is 0 Å². The first-order chi connectivity index (χ1) is 8.10. The molecule has 1 aromatic heterocycles. The highest BCUT2D eigenvalue weighted by Crippen LogP contribution is 2.25. The summed E-state index contributed by atoms with van der Waals surface area (Å²) < 4.78 is 4.59. The number of rotatable bonds is 5. The molecule has 0 radical (unpaired) electrons. The first kappa shape index (κ1) is 13.7. The van der Waals surface area contributed by atoms with Gasteiger partial charge in [-0.3, -0.25) is 9.79 Å². The van der Waals surface area contributed by atoms with Gasteiger partial charge >= 0.3 is 11.9 Å². The molecule has 0 aliphatic carbocycles. The van der Waals surface area contributed by atoms with Crippen molar-refractivity contribution in [2.24, 2.45) is 4.99 Å². The Morgan fingerprint density at radius 1 is 1.65 bits per heavy atom. The monoisotopic (exact) mass is 273 g/mol. The van der Waals surface area contributed by atoms with Gasteiger partial charge in [0.2, 0.25) is 0 Å². The van der Waals surface area contributed by atoms with Gasteiger partial charge in [0.25, 0.3) is 0 Å². The Morgan fingerprint density at radius 3 is 2.88 bits per heavy atom. The summed E-state index contributed by atoms with van der Waals surface area (Å²) in [5, 5.41) is 9.99. The summed E-state index contributed by atoms with van der Waals surface area (Å²) in [7, 11) is 1.30. The number of methoxy groups -OCH3 is 1. The molecule has 92 valence electrons. The summed E-state index contributed by atoms with van der Waals surface area (Å²) in [5.74, 6) is -1.43. The quantitative estimate of drug-likeness (QED) is 0.656. The molecule has 17 heavy (non-hydrogen) atoms. The fourth-order valence-electron chi connectivity index (χ4n) is 1.05. The molecular weight excluding hydrogens is 262 g/mol. The van der Waals surface area contributed by atoms with E-state index in [9.17, 15) is 9.59 Å². The average molecular weight is 273 g/mol. The second-order valence-electron chi connectivity index (χ2n) is 2.90. The number of carbonyl (C=O) groups is 2. The molecule has 0 aliphatic rings. The summed E-state index contributed by atoms with van der Waals surface area (Å²) in [5.41, 5.74) is 0.352. The van der Waals surface area contributed by atoms with Crippen LogP contribution >= 0.6 is 23.1 Å². The third-order valence-electron chi connectivity index (χ3n) is 1.88. The van der Waals surface area contributed by atoms with Crippen LogP contribution in [0.3, 0.4) is 0 Å². The summed E-state index contributed by atoms with van der Waals surface area (Å²) in [6.07, 6.45) is 3.14. The van der Waals surface area contributed by atoms with Crippen LogP contribution in [0.25, 0.3) is 0 Å². The number of aromatic carboxylic acids is 1. The predicted molar refractivity (Wildman–Crippen MR) is 68.7 cm³/mol. The number of nitrogens with zero attached hydrogens (tertiary/aromatic N) is 1. The molecule has 5 nitrogen and oxygen atoms in total. The van der Waals surface area contributed by atoms with Crippen molar-refractivity contribution >= 4 is 46.9 Å². The number of esters is 1. The average Bonchev–Trinajstić information content (AvgIpc) is 2.77. The van der Waals surface area contributed by atoms with E-state index in [1.807, 2.05) is 0 Å². The normalized spacial score (nSPS) is 12.6. The highest BCUT2D eigenvalue weighted by Gasteiger charge is 2.16. The van der Waals surface area contributed by atoms with Crippen LogP contribution in [0.2, 0.25) is 0 Å². The number of hydrogen-bond acceptors (Lipinski definition) is 6. The number of carboxylic acids is 1. The molecule has 0 bridgehead atoms. The Labute approximate surface area is 107 Å². The lowest BCUT2D eigenvalue weighted by atomic mass is 10.4. The first-order valence-electron chi connectivity index (χ1n) is 4.55. The maximum atomic E-state index is 11.3. The van der Waals surface area contributed by atoms with E-state index < -0.39 is 17.2 Å². The van der Waals surface area contributed by atoms with Gasteiger partial charge in [-0.15, -0.1) is 23.1 Å². The third-order valence-corrected chi connectivity index (χ3v) is 3.59. The van der Waals surface area contributed by atoms with Crippen molar-refractivity contribution < 1.29 is 19.4 Å². The van der Waals surface area contributed by atoms with Crippen molar-refractivity contribution in [1.29, 1.82) is 0 Å². The SMILES string of the molecule is COC(=O)C(C=Nc1ccsc1C(=O)O)SC. The van der Waals surface area contributed by atoms with Gasteiger partial charge in [-0.25, -0.2) is 4.79 Å². The van der Waals surface area contributed by atoms with E-state index in [2.05, 4.69) is 9.73 Å². The molecule has 0 saturated heterocycles. The Hall–Kier alpha value is -1.34. The maximum Gasteiger partial charge on any atom is 0.348 e. The van der Waals surface area contributed by atoms with Crippen molar-refractivity contribution in [3.8, 4) is 0 Å². The Morgan fingerprint density at radius 2 is 2.35 bits per heavy atom. The van der Waals surface area contributed by atoms with Gasteiger partial charge in [0.05, 0.1) is 12.8 Å². The van der Waals surface area contributed by atoms with Crippen molar-refractivity contribution in [1.82, 2.24) is 0 Å². The molecule has 1 rings (SSSR count). The van der Waals surface area contributed by atoms with Crippen molar-refractivity contribution in [3.63, 3.8) is 0 Å². The molecule has 0 aliphatic heterocycles. The molecule has 0 saturated carbocycles. The molecule has 0 aromatic carbocycles. The zero-order valence-electron chi connectivity index (χ0n) is 9.25. The van der Waals surface area contributed by atoms with E-state index in [1.165, 1.54) is 25.1 Å². The number of thiophene rings is 1.